The van der Waals surface area contributed by atoms with Gasteiger partial charge in [0.15, 0.2) is 0 Å². The Labute approximate surface area is 94.5 Å². The van der Waals surface area contributed by atoms with E-state index in [2.05, 4.69) is 10.3 Å². The summed E-state index contributed by atoms with van der Waals surface area (Å²) in [6, 6.07) is 1.75. The van der Waals surface area contributed by atoms with E-state index in [-0.39, 0.29) is 12.1 Å². The first-order valence-electron chi connectivity index (χ1n) is 4.84. The fourth-order valence-electron chi connectivity index (χ4n) is 1.36. The number of nitrogen functional groups attached to an aromatic ring is 1. The zero-order valence-electron chi connectivity index (χ0n) is 8.87. The average Bonchev–Trinajstić information content (AvgIpc) is 2.08. The molecule has 1 rings (SSSR count). The number of hydrogen-bond donors (Lipinski definition) is 3. The van der Waals surface area contributed by atoms with Crippen LogP contribution < -0.4 is 11.1 Å². The number of nitrogens with two attached hydrogens (primary N) is 1. The normalized spacial score (nSPS) is 14.7. The average molecular weight is 230 g/mol. The first-order chi connectivity index (χ1) is 6.99. The van der Waals surface area contributed by atoms with Crippen molar-refractivity contribution in [2.24, 2.45) is 0 Å². The number of halogens is 1. The first-order valence-corrected chi connectivity index (χ1v) is 5.22. The van der Waals surface area contributed by atoms with E-state index in [1.165, 1.54) is 0 Å². The second kappa shape index (κ2) is 5.19. The maximum Gasteiger partial charge on any atom is 0.145 e. The number of aliphatic hydroxyl groups excluding tert-OH is 1. The summed E-state index contributed by atoms with van der Waals surface area (Å²) in [4.78, 5) is 4.08. The van der Waals surface area contributed by atoms with Gasteiger partial charge in [0.2, 0.25) is 0 Å². The van der Waals surface area contributed by atoms with Crippen LogP contribution in [0.2, 0.25) is 5.02 Å². The van der Waals surface area contributed by atoms with Gasteiger partial charge in [-0.1, -0.05) is 11.6 Å². The molecule has 1 aromatic heterocycles. The lowest BCUT2D eigenvalue weighted by molar-refractivity contribution is 0.179. The Morgan fingerprint density at radius 2 is 2.27 bits per heavy atom. The molecule has 5 heteroatoms. The molecule has 0 aliphatic rings. The number of aliphatic hydroxyl groups is 1. The van der Waals surface area contributed by atoms with Gasteiger partial charge in [0.1, 0.15) is 5.82 Å². The first kappa shape index (κ1) is 12.1. The molecule has 0 aromatic carbocycles. The predicted octanol–water partition coefficient (Wildman–Crippen LogP) is 1.89. The molecular weight excluding hydrogens is 214 g/mol. The van der Waals surface area contributed by atoms with Crippen molar-refractivity contribution in [2.45, 2.75) is 32.4 Å². The van der Waals surface area contributed by atoms with Gasteiger partial charge in [0.25, 0.3) is 0 Å². The van der Waals surface area contributed by atoms with Gasteiger partial charge < -0.3 is 16.2 Å². The van der Waals surface area contributed by atoms with Crippen LogP contribution in [-0.4, -0.2) is 22.2 Å². The van der Waals surface area contributed by atoms with Gasteiger partial charge in [0.05, 0.1) is 23.0 Å². The van der Waals surface area contributed by atoms with Crippen molar-refractivity contribution in [3.8, 4) is 0 Å². The van der Waals surface area contributed by atoms with E-state index in [1.807, 2.05) is 6.92 Å². The molecule has 0 saturated carbocycles. The van der Waals surface area contributed by atoms with Crippen LogP contribution in [0.5, 0.6) is 0 Å². The Morgan fingerprint density at radius 3 is 2.80 bits per heavy atom. The molecule has 0 aliphatic heterocycles. The molecule has 0 saturated heterocycles. The fourth-order valence-corrected chi connectivity index (χ4v) is 1.59. The van der Waals surface area contributed by atoms with Crippen LogP contribution in [0.3, 0.4) is 0 Å². The third-order valence-electron chi connectivity index (χ3n) is 1.94. The minimum atomic E-state index is -0.347. The van der Waals surface area contributed by atoms with Crippen molar-refractivity contribution in [2.75, 3.05) is 11.1 Å². The molecule has 0 radical (unpaired) electrons. The Balaban J connectivity index is 2.64. The topological polar surface area (TPSA) is 71.2 Å². The quantitative estimate of drug-likeness (QED) is 0.738. The van der Waals surface area contributed by atoms with E-state index in [0.717, 1.165) is 0 Å². The third-order valence-corrected chi connectivity index (χ3v) is 2.23. The van der Waals surface area contributed by atoms with Gasteiger partial charge in [-0.15, -0.1) is 0 Å². The third kappa shape index (κ3) is 3.93. The van der Waals surface area contributed by atoms with E-state index in [0.29, 0.717) is 22.9 Å². The Hall–Kier alpha value is -1.00. The summed E-state index contributed by atoms with van der Waals surface area (Å²) in [5, 5.41) is 12.8. The molecule has 0 bridgehead atoms. The standard InChI is InChI=1S/C10H16ClN3O/c1-6(3-7(2)15)14-10-9(11)4-8(12)5-13-10/h4-7,15H,3,12H2,1-2H3,(H,13,14). The monoisotopic (exact) mass is 229 g/mol. The van der Waals surface area contributed by atoms with Crippen molar-refractivity contribution < 1.29 is 5.11 Å². The van der Waals surface area contributed by atoms with Gasteiger partial charge >= 0.3 is 0 Å². The summed E-state index contributed by atoms with van der Waals surface area (Å²) in [6.07, 6.45) is 1.84. The lowest BCUT2D eigenvalue weighted by Crippen LogP contribution is -2.21. The minimum Gasteiger partial charge on any atom is -0.397 e. The van der Waals surface area contributed by atoms with Gasteiger partial charge in [-0.25, -0.2) is 4.98 Å². The number of aromatic nitrogens is 1. The number of pyridine rings is 1. The van der Waals surface area contributed by atoms with Gasteiger partial charge in [0, 0.05) is 6.04 Å². The molecule has 2 unspecified atom stereocenters. The largest absolute Gasteiger partial charge is 0.397 e. The lowest BCUT2D eigenvalue weighted by atomic mass is 10.1. The SMILES string of the molecule is CC(O)CC(C)Nc1ncc(N)cc1Cl. The summed E-state index contributed by atoms with van der Waals surface area (Å²) in [5.41, 5.74) is 6.06. The van der Waals surface area contributed by atoms with Crippen molar-refractivity contribution in [3.05, 3.63) is 17.3 Å². The summed E-state index contributed by atoms with van der Waals surface area (Å²) in [6.45, 7) is 3.71. The molecule has 0 aliphatic carbocycles. The second-order valence-electron chi connectivity index (χ2n) is 3.73. The van der Waals surface area contributed by atoms with Crippen LogP contribution in [0.1, 0.15) is 20.3 Å². The number of rotatable bonds is 4. The molecule has 1 heterocycles. The van der Waals surface area contributed by atoms with Crippen LogP contribution in [0.25, 0.3) is 0 Å². The van der Waals surface area contributed by atoms with E-state index < -0.39 is 0 Å². The lowest BCUT2D eigenvalue weighted by Gasteiger charge is -2.16. The number of nitrogens with one attached hydrogen (secondary N) is 1. The molecule has 4 N–H and O–H groups in total. The number of anilines is 2. The summed E-state index contributed by atoms with van der Waals surface area (Å²) < 4.78 is 0. The molecular formula is C10H16ClN3O. The Bertz CT molecular complexity index is 330. The second-order valence-corrected chi connectivity index (χ2v) is 4.14. The van der Waals surface area contributed by atoms with E-state index in [1.54, 1.807) is 19.2 Å². The Morgan fingerprint density at radius 1 is 1.60 bits per heavy atom. The molecule has 0 spiro atoms. The highest BCUT2D eigenvalue weighted by molar-refractivity contribution is 6.33. The highest BCUT2D eigenvalue weighted by atomic mass is 35.5. The summed E-state index contributed by atoms with van der Waals surface area (Å²) in [5.74, 6) is 0.596. The van der Waals surface area contributed by atoms with Crippen molar-refractivity contribution in [3.63, 3.8) is 0 Å². The van der Waals surface area contributed by atoms with Crippen LogP contribution >= 0.6 is 11.6 Å². The Kier molecular flexibility index (Phi) is 4.17. The molecule has 84 valence electrons. The van der Waals surface area contributed by atoms with E-state index >= 15 is 0 Å². The minimum absolute atomic E-state index is 0.110. The molecule has 0 amide bonds. The van der Waals surface area contributed by atoms with Crippen LogP contribution in [0, 0.1) is 0 Å². The number of hydrogen-bond acceptors (Lipinski definition) is 4. The molecule has 2 atom stereocenters. The molecule has 1 aromatic rings. The molecule has 4 nitrogen and oxygen atoms in total. The maximum atomic E-state index is 9.20. The van der Waals surface area contributed by atoms with E-state index in [4.69, 9.17) is 17.3 Å². The number of nitrogens with zero attached hydrogens (tertiary/aromatic N) is 1. The van der Waals surface area contributed by atoms with Crippen molar-refractivity contribution in [1.82, 2.24) is 4.98 Å². The smallest absolute Gasteiger partial charge is 0.145 e. The van der Waals surface area contributed by atoms with Crippen molar-refractivity contribution in [1.29, 1.82) is 0 Å². The van der Waals surface area contributed by atoms with Gasteiger partial charge in [-0.05, 0) is 26.3 Å². The fraction of sp³-hybridized carbons (Fsp3) is 0.500. The molecule has 15 heavy (non-hydrogen) atoms. The van der Waals surface area contributed by atoms with Crippen LogP contribution in [-0.2, 0) is 0 Å². The highest BCUT2D eigenvalue weighted by Gasteiger charge is 2.09. The predicted molar refractivity (Wildman–Crippen MR) is 63.0 cm³/mol. The molecule has 0 fully saturated rings. The van der Waals surface area contributed by atoms with Crippen LogP contribution in [0.4, 0.5) is 11.5 Å². The maximum absolute atomic E-state index is 9.20. The zero-order valence-corrected chi connectivity index (χ0v) is 9.62. The van der Waals surface area contributed by atoms with Gasteiger partial charge in [-0.2, -0.15) is 0 Å². The van der Waals surface area contributed by atoms with Gasteiger partial charge in [-0.3, -0.25) is 0 Å². The van der Waals surface area contributed by atoms with E-state index in [9.17, 15) is 5.11 Å². The summed E-state index contributed by atoms with van der Waals surface area (Å²) >= 11 is 5.94. The van der Waals surface area contributed by atoms with Crippen LogP contribution in [0.15, 0.2) is 12.3 Å². The zero-order chi connectivity index (χ0) is 11.4. The summed E-state index contributed by atoms with van der Waals surface area (Å²) in [7, 11) is 0. The highest BCUT2D eigenvalue weighted by Crippen LogP contribution is 2.22. The van der Waals surface area contributed by atoms with Crippen molar-refractivity contribution >= 4 is 23.1 Å².